The maximum atomic E-state index is 8.66. The van der Waals surface area contributed by atoms with Gasteiger partial charge in [-0.2, -0.15) is 0 Å². The number of aliphatic hydroxyl groups excluding tert-OH is 1. The molecular weight excluding hydrogens is 232 g/mol. The summed E-state index contributed by atoms with van der Waals surface area (Å²) in [6.45, 7) is 4.91. The number of rotatable bonds is 13. The molecule has 1 nitrogen and oxygen atoms in total. The summed E-state index contributed by atoms with van der Waals surface area (Å²) in [5.74, 6) is 0.817. The normalized spacial score (nSPS) is 12.2. The lowest BCUT2D eigenvalue weighted by atomic mass is 10.1. The minimum atomic E-state index is 0.355. The zero-order valence-electron chi connectivity index (χ0n) is 13.1. The van der Waals surface area contributed by atoms with Crippen LogP contribution >= 0.6 is 0 Å². The molecule has 0 unspecified atom stereocenters. The van der Waals surface area contributed by atoms with Gasteiger partial charge in [-0.1, -0.05) is 63.8 Å². The highest BCUT2D eigenvalue weighted by molar-refractivity contribution is 4.92. The van der Waals surface area contributed by atoms with E-state index in [9.17, 15) is 0 Å². The van der Waals surface area contributed by atoms with Crippen molar-refractivity contribution in [2.24, 2.45) is 5.92 Å². The Bertz CT molecular complexity index is 216. The van der Waals surface area contributed by atoms with Crippen LogP contribution in [0.5, 0.6) is 0 Å². The first kappa shape index (κ1) is 18.4. The first-order valence-electron chi connectivity index (χ1n) is 8.18. The van der Waals surface area contributed by atoms with Gasteiger partial charge in [-0.3, -0.25) is 0 Å². The molecule has 0 aliphatic heterocycles. The molecule has 1 heteroatoms. The van der Waals surface area contributed by atoms with Crippen molar-refractivity contribution in [2.45, 2.75) is 78.1 Å². The van der Waals surface area contributed by atoms with Crippen LogP contribution in [0.25, 0.3) is 0 Å². The van der Waals surface area contributed by atoms with Gasteiger partial charge in [-0.05, 0) is 44.4 Å². The molecule has 0 spiro atoms. The number of unbranched alkanes of at least 4 members (excludes halogenated alkanes) is 6. The molecule has 0 atom stereocenters. The van der Waals surface area contributed by atoms with E-state index < -0.39 is 0 Å². The van der Waals surface area contributed by atoms with Gasteiger partial charge in [0.1, 0.15) is 0 Å². The number of aliphatic hydroxyl groups is 1. The summed E-state index contributed by atoms with van der Waals surface area (Å²) in [5, 5.41) is 8.66. The lowest BCUT2D eigenvalue weighted by Crippen LogP contribution is -1.83. The molecule has 1 N–H and O–H groups in total. The maximum Gasteiger partial charge on any atom is 0.0431 e. The molecule has 0 aromatic carbocycles. The Hall–Kier alpha value is -0.560. The van der Waals surface area contributed by atoms with Crippen LogP contribution in [0, 0.1) is 5.92 Å². The zero-order valence-corrected chi connectivity index (χ0v) is 13.1. The second-order valence-electron chi connectivity index (χ2n) is 5.78. The fraction of sp³-hybridized carbons (Fsp3) is 0.778. The largest absolute Gasteiger partial charge is 0.396 e. The maximum absolute atomic E-state index is 8.66. The Balaban J connectivity index is 3.17. The molecule has 0 saturated carbocycles. The van der Waals surface area contributed by atoms with Gasteiger partial charge < -0.3 is 5.11 Å². The van der Waals surface area contributed by atoms with E-state index in [4.69, 9.17) is 5.11 Å². The molecule has 0 fully saturated rings. The molecule has 0 rings (SSSR count). The fourth-order valence-electron chi connectivity index (χ4n) is 2.02. The smallest absolute Gasteiger partial charge is 0.0431 e. The number of hydrogen-bond donors (Lipinski definition) is 1. The van der Waals surface area contributed by atoms with Crippen LogP contribution in [0.2, 0.25) is 0 Å². The minimum Gasteiger partial charge on any atom is -0.396 e. The van der Waals surface area contributed by atoms with Crippen molar-refractivity contribution >= 4 is 0 Å². The molecule has 0 radical (unpaired) electrons. The Morgan fingerprint density at radius 3 is 1.95 bits per heavy atom. The van der Waals surface area contributed by atoms with Gasteiger partial charge in [0.25, 0.3) is 0 Å². The average Bonchev–Trinajstić information content (AvgIpc) is 2.39. The number of hydrogen-bond acceptors (Lipinski definition) is 1. The molecule has 0 saturated heterocycles. The van der Waals surface area contributed by atoms with E-state index in [1.165, 1.54) is 51.4 Å². The second kappa shape index (κ2) is 15.5. The number of allylic oxidation sites excluding steroid dienone is 4. The fourth-order valence-corrected chi connectivity index (χ4v) is 2.02. The van der Waals surface area contributed by atoms with Crippen molar-refractivity contribution in [3.05, 3.63) is 24.3 Å². The third kappa shape index (κ3) is 17.4. The van der Waals surface area contributed by atoms with Crippen LogP contribution in [0.3, 0.4) is 0 Å². The SMILES string of the molecule is CC(C)CCC=CCC=CCCCCCCCCO. The summed E-state index contributed by atoms with van der Waals surface area (Å²) in [6, 6.07) is 0. The summed E-state index contributed by atoms with van der Waals surface area (Å²) in [7, 11) is 0. The van der Waals surface area contributed by atoms with Crippen molar-refractivity contribution in [2.75, 3.05) is 6.61 Å². The van der Waals surface area contributed by atoms with E-state index in [1.54, 1.807) is 0 Å². The zero-order chi connectivity index (χ0) is 14.2. The molecule has 0 heterocycles. The first-order chi connectivity index (χ1) is 9.27. The molecule has 0 aliphatic carbocycles. The monoisotopic (exact) mass is 266 g/mol. The Labute approximate surface area is 120 Å². The summed E-state index contributed by atoms with van der Waals surface area (Å²) in [5.41, 5.74) is 0. The topological polar surface area (TPSA) is 20.2 Å². The molecule has 0 bridgehead atoms. The van der Waals surface area contributed by atoms with Crippen molar-refractivity contribution in [1.29, 1.82) is 0 Å². The van der Waals surface area contributed by atoms with Gasteiger partial charge in [0.05, 0.1) is 0 Å². The van der Waals surface area contributed by atoms with Crippen LogP contribution in [0.15, 0.2) is 24.3 Å². The molecular formula is C18H34O. The van der Waals surface area contributed by atoms with E-state index in [1.807, 2.05) is 0 Å². The highest BCUT2D eigenvalue weighted by Gasteiger charge is 1.90. The Morgan fingerprint density at radius 2 is 1.32 bits per heavy atom. The Kier molecular flexibility index (Phi) is 15.0. The highest BCUT2D eigenvalue weighted by atomic mass is 16.2. The highest BCUT2D eigenvalue weighted by Crippen LogP contribution is 2.08. The molecule has 112 valence electrons. The summed E-state index contributed by atoms with van der Waals surface area (Å²) < 4.78 is 0. The van der Waals surface area contributed by atoms with Gasteiger partial charge in [0.15, 0.2) is 0 Å². The van der Waals surface area contributed by atoms with Crippen LogP contribution < -0.4 is 0 Å². The van der Waals surface area contributed by atoms with E-state index in [0.29, 0.717) is 6.61 Å². The summed E-state index contributed by atoms with van der Waals surface area (Å²) in [4.78, 5) is 0. The quantitative estimate of drug-likeness (QED) is 0.337. The van der Waals surface area contributed by atoms with Crippen LogP contribution in [0.1, 0.15) is 78.1 Å². The van der Waals surface area contributed by atoms with Gasteiger partial charge in [-0.25, -0.2) is 0 Å². The molecule has 0 aromatic rings. The van der Waals surface area contributed by atoms with E-state index in [2.05, 4.69) is 38.2 Å². The minimum absolute atomic E-state index is 0.355. The van der Waals surface area contributed by atoms with Crippen molar-refractivity contribution in [3.8, 4) is 0 Å². The lowest BCUT2D eigenvalue weighted by molar-refractivity contribution is 0.282. The molecule has 0 aliphatic rings. The van der Waals surface area contributed by atoms with Crippen molar-refractivity contribution in [3.63, 3.8) is 0 Å². The third-order valence-corrected chi connectivity index (χ3v) is 3.30. The van der Waals surface area contributed by atoms with Gasteiger partial charge in [0, 0.05) is 6.61 Å². The van der Waals surface area contributed by atoms with E-state index >= 15 is 0 Å². The molecule has 19 heavy (non-hydrogen) atoms. The van der Waals surface area contributed by atoms with Crippen LogP contribution in [-0.2, 0) is 0 Å². The van der Waals surface area contributed by atoms with E-state index in [0.717, 1.165) is 18.8 Å². The molecule has 0 aromatic heterocycles. The van der Waals surface area contributed by atoms with Crippen LogP contribution in [0.4, 0.5) is 0 Å². The predicted molar refractivity (Wildman–Crippen MR) is 86.4 cm³/mol. The standard InChI is InChI=1S/C18H34O/c1-18(2)16-14-12-10-8-6-4-3-5-7-9-11-13-15-17-19/h4,6,10,12,18-19H,3,5,7-9,11,13-17H2,1-2H3. The Morgan fingerprint density at radius 1 is 0.737 bits per heavy atom. The predicted octanol–water partition coefficient (Wildman–Crippen LogP) is 5.65. The second-order valence-corrected chi connectivity index (χ2v) is 5.78. The lowest BCUT2D eigenvalue weighted by Gasteiger charge is -1.99. The van der Waals surface area contributed by atoms with Gasteiger partial charge >= 0.3 is 0 Å². The van der Waals surface area contributed by atoms with Crippen LogP contribution in [-0.4, -0.2) is 11.7 Å². The van der Waals surface area contributed by atoms with Gasteiger partial charge in [0.2, 0.25) is 0 Å². The van der Waals surface area contributed by atoms with Crippen molar-refractivity contribution in [1.82, 2.24) is 0 Å². The van der Waals surface area contributed by atoms with E-state index in [-0.39, 0.29) is 0 Å². The molecule has 0 amide bonds. The third-order valence-electron chi connectivity index (χ3n) is 3.30. The average molecular weight is 266 g/mol. The van der Waals surface area contributed by atoms with Gasteiger partial charge in [-0.15, -0.1) is 0 Å². The summed E-state index contributed by atoms with van der Waals surface area (Å²) >= 11 is 0. The summed E-state index contributed by atoms with van der Waals surface area (Å²) in [6.07, 6.45) is 21.5. The first-order valence-corrected chi connectivity index (χ1v) is 8.18. The van der Waals surface area contributed by atoms with Crippen molar-refractivity contribution < 1.29 is 5.11 Å².